The Labute approximate surface area is 118 Å². The lowest BCUT2D eigenvalue weighted by Gasteiger charge is -2.15. The van der Waals surface area contributed by atoms with Gasteiger partial charge < -0.3 is 15.0 Å². The van der Waals surface area contributed by atoms with Crippen LogP contribution in [-0.2, 0) is 4.74 Å². The number of hydrogen-bond acceptors (Lipinski definition) is 5. The van der Waals surface area contributed by atoms with E-state index in [-0.39, 0.29) is 6.10 Å². The first-order valence-electron chi connectivity index (χ1n) is 7.12. The summed E-state index contributed by atoms with van der Waals surface area (Å²) in [7, 11) is 3.83. The second-order valence-electron chi connectivity index (χ2n) is 4.86. The second kappa shape index (κ2) is 12.1. The molecule has 0 heterocycles. The number of rotatable bonds is 11. The van der Waals surface area contributed by atoms with Gasteiger partial charge in [0.25, 0.3) is 0 Å². The molecule has 0 atom stereocenters. The predicted octanol–water partition coefficient (Wildman–Crippen LogP) is 2.66. The molecule has 0 aromatic heterocycles. The van der Waals surface area contributed by atoms with E-state index in [2.05, 4.69) is 34.4 Å². The van der Waals surface area contributed by atoms with E-state index in [0.29, 0.717) is 6.61 Å². The van der Waals surface area contributed by atoms with E-state index in [9.17, 15) is 0 Å². The fourth-order valence-corrected chi connectivity index (χ4v) is 1.62. The molecule has 5 nitrogen and oxygen atoms in total. The minimum atomic E-state index is 0.281. The van der Waals surface area contributed by atoms with Crippen molar-refractivity contribution in [1.82, 2.24) is 10.2 Å². The first-order chi connectivity index (χ1) is 9.10. The Balaban J connectivity index is 3.95. The largest absolute Gasteiger partial charge is 0.387 e. The van der Waals surface area contributed by atoms with Crippen molar-refractivity contribution in [3.05, 3.63) is 11.9 Å². The van der Waals surface area contributed by atoms with Gasteiger partial charge in [-0.15, -0.1) is 0 Å². The third-order valence-corrected chi connectivity index (χ3v) is 2.55. The first-order valence-corrected chi connectivity index (χ1v) is 7.12. The highest BCUT2D eigenvalue weighted by atomic mass is 16.5. The summed E-state index contributed by atoms with van der Waals surface area (Å²) in [5, 5.41) is 11.2. The van der Waals surface area contributed by atoms with Crippen molar-refractivity contribution >= 4 is 0 Å². The Hall–Kier alpha value is -0.940. The first kappa shape index (κ1) is 18.1. The van der Waals surface area contributed by atoms with Crippen molar-refractivity contribution in [3.8, 4) is 0 Å². The van der Waals surface area contributed by atoms with E-state index in [0.717, 1.165) is 31.8 Å². The van der Waals surface area contributed by atoms with Crippen LogP contribution in [0.15, 0.2) is 22.1 Å². The number of nitrogens with zero attached hydrogens (tertiary/aromatic N) is 3. The van der Waals surface area contributed by atoms with Gasteiger partial charge in [-0.05, 0) is 33.9 Å². The van der Waals surface area contributed by atoms with E-state index in [4.69, 9.17) is 4.74 Å². The lowest BCUT2D eigenvalue weighted by atomic mass is 10.3. The summed E-state index contributed by atoms with van der Waals surface area (Å²) in [6.45, 7) is 9.89. The second-order valence-corrected chi connectivity index (χ2v) is 4.86. The number of hydrogen-bond donors (Lipinski definition) is 1. The Morgan fingerprint density at radius 1 is 1.37 bits per heavy atom. The molecule has 0 saturated carbocycles. The Bertz CT molecular complexity index is 264. The summed E-state index contributed by atoms with van der Waals surface area (Å²) in [4.78, 5) is 2.31. The standard InChI is InChI=1S/C14H30N4O/c1-6-9-18(5)10-7-14(17-15-4)12-16-8-11-19-13(2)3/h12-13,16H,6-11H2,1-5H3/b14-12-,17-15-. The van der Waals surface area contributed by atoms with Gasteiger partial charge >= 0.3 is 0 Å². The minimum absolute atomic E-state index is 0.281. The van der Waals surface area contributed by atoms with E-state index in [1.165, 1.54) is 6.42 Å². The molecular formula is C14H30N4O. The predicted molar refractivity (Wildman–Crippen MR) is 80.4 cm³/mol. The molecule has 0 aliphatic carbocycles. The molecule has 112 valence electrons. The molecule has 0 rings (SSSR count). The topological polar surface area (TPSA) is 49.2 Å². The van der Waals surface area contributed by atoms with E-state index >= 15 is 0 Å². The monoisotopic (exact) mass is 270 g/mol. The molecule has 0 aromatic rings. The maximum absolute atomic E-state index is 5.46. The lowest BCUT2D eigenvalue weighted by Crippen LogP contribution is -2.21. The zero-order valence-corrected chi connectivity index (χ0v) is 13.1. The zero-order valence-electron chi connectivity index (χ0n) is 13.1. The van der Waals surface area contributed by atoms with Gasteiger partial charge in [0.2, 0.25) is 0 Å². The van der Waals surface area contributed by atoms with Crippen LogP contribution in [0.1, 0.15) is 33.6 Å². The minimum Gasteiger partial charge on any atom is -0.387 e. The average molecular weight is 270 g/mol. The van der Waals surface area contributed by atoms with Crippen LogP contribution in [0.25, 0.3) is 0 Å². The zero-order chi connectivity index (χ0) is 14.5. The van der Waals surface area contributed by atoms with Crippen LogP contribution in [0.4, 0.5) is 0 Å². The van der Waals surface area contributed by atoms with Crippen molar-refractivity contribution in [2.24, 2.45) is 10.2 Å². The van der Waals surface area contributed by atoms with Gasteiger partial charge in [-0.3, -0.25) is 0 Å². The third kappa shape index (κ3) is 11.9. The summed E-state index contributed by atoms with van der Waals surface area (Å²) in [6.07, 6.45) is 4.31. The van der Waals surface area contributed by atoms with Crippen LogP contribution in [0.3, 0.4) is 0 Å². The van der Waals surface area contributed by atoms with Gasteiger partial charge in [0, 0.05) is 32.8 Å². The molecule has 0 spiro atoms. The molecule has 0 radical (unpaired) electrons. The summed E-state index contributed by atoms with van der Waals surface area (Å²) < 4.78 is 5.46. The van der Waals surface area contributed by atoms with Crippen molar-refractivity contribution in [3.63, 3.8) is 0 Å². The van der Waals surface area contributed by atoms with E-state index in [1.807, 2.05) is 20.0 Å². The van der Waals surface area contributed by atoms with Crippen LogP contribution < -0.4 is 5.32 Å². The lowest BCUT2D eigenvalue weighted by molar-refractivity contribution is 0.0824. The summed E-state index contributed by atoms with van der Waals surface area (Å²) >= 11 is 0. The maximum atomic E-state index is 5.46. The van der Waals surface area contributed by atoms with Crippen LogP contribution in [0.5, 0.6) is 0 Å². The normalized spacial score (nSPS) is 12.9. The van der Waals surface area contributed by atoms with Crippen LogP contribution >= 0.6 is 0 Å². The fraction of sp³-hybridized carbons (Fsp3) is 0.857. The van der Waals surface area contributed by atoms with E-state index in [1.54, 1.807) is 7.05 Å². The quantitative estimate of drug-likeness (QED) is 0.464. The average Bonchev–Trinajstić information content (AvgIpc) is 2.35. The van der Waals surface area contributed by atoms with Crippen LogP contribution in [-0.4, -0.2) is 51.3 Å². The van der Waals surface area contributed by atoms with Gasteiger partial charge in [0.05, 0.1) is 18.4 Å². The van der Waals surface area contributed by atoms with Crippen molar-refractivity contribution in [1.29, 1.82) is 0 Å². The van der Waals surface area contributed by atoms with Gasteiger partial charge in [0.15, 0.2) is 0 Å². The summed E-state index contributed by atoms with van der Waals surface area (Å²) in [5.41, 5.74) is 0.981. The highest BCUT2D eigenvalue weighted by Gasteiger charge is 2.00. The molecule has 0 aliphatic rings. The van der Waals surface area contributed by atoms with Crippen molar-refractivity contribution in [2.45, 2.75) is 39.7 Å². The molecule has 0 bridgehead atoms. The van der Waals surface area contributed by atoms with E-state index < -0.39 is 0 Å². The van der Waals surface area contributed by atoms with Crippen LogP contribution in [0.2, 0.25) is 0 Å². The summed E-state index contributed by atoms with van der Waals surface area (Å²) in [5.74, 6) is 0. The molecule has 0 aliphatic heterocycles. The molecule has 0 amide bonds. The van der Waals surface area contributed by atoms with Crippen molar-refractivity contribution < 1.29 is 4.74 Å². The number of ether oxygens (including phenoxy) is 1. The molecule has 0 aromatic carbocycles. The Morgan fingerprint density at radius 3 is 2.68 bits per heavy atom. The Morgan fingerprint density at radius 2 is 2.11 bits per heavy atom. The maximum Gasteiger partial charge on any atom is 0.0794 e. The molecule has 19 heavy (non-hydrogen) atoms. The molecule has 0 fully saturated rings. The number of azo groups is 1. The van der Waals surface area contributed by atoms with Crippen LogP contribution in [0, 0.1) is 0 Å². The summed E-state index contributed by atoms with van der Waals surface area (Å²) in [6, 6.07) is 0. The molecule has 5 heteroatoms. The molecule has 0 unspecified atom stereocenters. The van der Waals surface area contributed by atoms with Gasteiger partial charge in [0.1, 0.15) is 0 Å². The van der Waals surface area contributed by atoms with Crippen molar-refractivity contribution in [2.75, 3.05) is 40.3 Å². The Kier molecular flexibility index (Phi) is 11.5. The highest BCUT2D eigenvalue weighted by molar-refractivity contribution is 4.98. The smallest absolute Gasteiger partial charge is 0.0794 e. The van der Waals surface area contributed by atoms with Gasteiger partial charge in [-0.2, -0.15) is 10.2 Å². The fourth-order valence-electron chi connectivity index (χ4n) is 1.62. The van der Waals surface area contributed by atoms with Gasteiger partial charge in [-0.25, -0.2) is 0 Å². The molecule has 1 N–H and O–H groups in total. The number of nitrogens with one attached hydrogen (secondary N) is 1. The van der Waals surface area contributed by atoms with Gasteiger partial charge in [-0.1, -0.05) is 6.92 Å². The molecular weight excluding hydrogens is 240 g/mol. The SMILES string of the molecule is CCCN(C)CCC(=C/NCCOC(C)C)/N=N\C. The highest BCUT2D eigenvalue weighted by Crippen LogP contribution is 2.04. The third-order valence-electron chi connectivity index (χ3n) is 2.55. The molecule has 0 saturated heterocycles.